The number of rotatable bonds is 3. The van der Waals surface area contributed by atoms with Gasteiger partial charge in [0.05, 0.1) is 12.6 Å². The van der Waals surface area contributed by atoms with Crippen molar-refractivity contribution in [1.29, 1.82) is 0 Å². The number of hydrogen-bond donors (Lipinski definition) is 1. The van der Waals surface area contributed by atoms with Crippen LogP contribution in [-0.4, -0.2) is 43.8 Å². The Morgan fingerprint density at radius 3 is 2.71 bits per heavy atom. The normalized spacial score (nSPS) is 28.4. The number of nitrogens with one attached hydrogen (secondary N) is 1. The average Bonchev–Trinajstić information content (AvgIpc) is 2.34. The van der Waals surface area contributed by atoms with E-state index in [9.17, 15) is 4.79 Å². The third-order valence-corrected chi connectivity index (χ3v) is 2.08. The van der Waals surface area contributed by atoms with Gasteiger partial charge in [-0.25, -0.2) is 0 Å². The zero-order chi connectivity index (χ0) is 10.8. The van der Waals surface area contributed by atoms with Gasteiger partial charge in [-0.15, -0.1) is 0 Å². The number of hydrogen-bond acceptors (Lipinski definition) is 4. The molecule has 82 valence electrons. The lowest BCUT2D eigenvalue weighted by molar-refractivity contribution is -0.119. The maximum absolute atomic E-state index is 11.5. The van der Waals surface area contributed by atoms with E-state index < -0.39 is 0 Å². The number of ketones is 1. The highest BCUT2D eigenvalue weighted by Crippen LogP contribution is 2.14. The smallest absolute Gasteiger partial charge is 0.178 e. The fourth-order valence-electron chi connectivity index (χ4n) is 1.53. The van der Waals surface area contributed by atoms with Gasteiger partial charge in [0.15, 0.2) is 5.78 Å². The molecule has 2 atom stereocenters. The molecule has 1 aliphatic rings. The molecule has 0 radical (unpaired) electrons. The predicted molar refractivity (Wildman–Crippen MR) is 53.3 cm³/mol. The van der Waals surface area contributed by atoms with Gasteiger partial charge in [0, 0.05) is 12.6 Å². The summed E-state index contributed by atoms with van der Waals surface area (Å²) in [6.45, 7) is 6.74. The Bertz CT molecular complexity index is 210. The molecule has 1 saturated heterocycles. The monoisotopic (exact) mass is 201 g/mol. The van der Waals surface area contributed by atoms with Crippen LogP contribution < -0.4 is 5.32 Å². The average molecular weight is 201 g/mol. The molecule has 0 aromatic heterocycles. The van der Waals surface area contributed by atoms with Gasteiger partial charge in [0.2, 0.25) is 0 Å². The van der Waals surface area contributed by atoms with Crippen LogP contribution in [0.25, 0.3) is 0 Å². The summed E-state index contributed by atoms with van der Waals surface area (Å²) in [5.74, 6) is 0.113. The van der Waals surface area contributed by atoms with Gasteiger partial charge in [0.25, 0.3) is 0 Å². The summed E-state index contributed by atoms with van der Waals surface area (Å²) in [6.07, 6.45) is -0.147. The van der Waals surface area contributed by atoms with Gasteiger partial charge in [-0.2, -0.15) is 0 Å². The SMILES string of the molecule is COCC1OCC(=O)C1NC(C)(C)C. The maximum atomic E-state index is 11.5. The van der Waals surface area contributed by atoms with Crippen LogP contribution in [0.1, 0.15) is 20.8 Å². The standard InChI is InChI=1S/C10H19NO3/c1-10(2,3)11-9-7(12)5-14-8(9)6-13-4/h8-9,11H,5-6H2,1-4H3. The highest BCUT2D eigenvalue weighted by molar-refractivity contribution is 5.87. The first-order valence-electron chi connectivity index (χ1n) is 4.85. The predicted octanol–water partition coefficient (Wildman–Crippen LogP) is 0.357. The van der Waals surface area contributed by atoms with E-state index in [0.29, 0.717) is 6.61 Å². The molecule has 1 heterocycles. The van der Waals surface area contributed by atoms with Crippen molar-refractivity contribution >= 4 is 5.78 Å². The Morgan fingerprint density at radius 1 is 1.57 bits per heavy atom. The zero-order valence-corrected chi connectivity index (χ0v) is 9.29. The molecule has 2 unspecified atom stereocenters. The van der Waals surface area contributed by atoms with E-state index in [0.717, 1.165) is 0 Å². The molecule has 4 nitrogen and oxygen atoms in total. The van der Waals surface area contributed by atoms with Crippen LogP contribution in [0.2, 0.25) is 0 Å². The minimum atomic E-state index is -0.227. The van der Waals surface area contributed by atoms with Gasteiger partial charge < -0.3 is 14.8 Å². The molecule has 0 aromatic rings. The van der Waals surface area contributed by atoms with Gasteiger partial charge in [-0.3, -0.25) is 4.79 Å². The Morgan fingerprint density at radius 2 is 2.21 bits per heavy atom. The number of Topliss-reactive ketones (excluding diaryl/α,β-unsaturated/α-hetero) is 1. The summed E-state index contributed by atoms with van der Waals surface area (Å²) in [7, 11) is 1.61. The minimum absolute atomic E-state index is 0.0833. The van der Waals surface area contributed by atoms with Crippen LogP contribution >= 0.6 is 0 Å². The van der Waals surface area contributed by atoms with E-state index in [1.807, 2.05) is 20.8 Å². The summed E-state index contributed by atoms with van der Waals surface area (Å²) in [5.41, 5.74) is -0.0833. The third-order valence-electron chi connectivity index (χ3n) is 2.08. The molecule has 1 rings (SSSR count). The van der Waals surface area contributed by atoms with E-state index in [1.165, 1.54) is 0 Å². The highest BCUT2D eigenvalue weighted by atomic mass is 16.5. The number of carbonyl (C=O) groups is 1. The van der Waals surface area contributed by atoms with Crippen LogP contribution in [0.15, 0.2) is 0 Å². The minimum Gasteiger partial charge on any atom is -0.382 e. The largest absolute Gasteiger partial charge is 0.382 e. The second-order valence-corrected chi connectivity index (χ2v) is 4.64. The van der Waals surface area contributed by atoms with E-state index in [-0.39, 0.29) is 30.1 Å². The van der Waals surface area contributed by atoms with E-state index in [2.05, 4.69) is 5.32 Å². The van der Waals surface area contributed by atoms with Gasteiger partial charge in [0.1, 0.15) is 12.7 Å². The molecule has 0 aromatic carbocycles. The molecular weight excluding hydrogens is 182 g/mol. The topological polar surface area (TPSA) is 47.6 Å². The molecule has 1 aliphatic heterocycles. The van der Waals surface area contributed by atoms with Crippen molar-refractivity contribution in [2.24, 2.45) is 0 Å². The molecule has 0 aliphatic carbocycles. The van der Waals surface area contributed by atoms with Crippen molar-refractivity contribution in [3.63, 3.8) is 0 Å². The Balaban J connectivity index is 2.58. The van der Waals surface area contributed by atoms with Crippen LogP contribution in [0, 0.1) is 0 Å². The summed E-state index contributed by atoms with van der Waals surface area (Å²) in [4.78, 5) is 11.5. The second kappa shape index (κ2) is 4.38. The molecule has 0 saturated carbocycles. The lowest BCUT2D eigenvalue weighted by Crippen LogP contribution is -2.51. The van der Waals surface area contributed by atoms with Crippen molar-refractivity contribution in [3.8, 4) is 0 Å². The first kappa shape index (κ1) is 11.6. The molecular formula is C10H19NO3. The van der Waals surface area contributed by atoms with Crippen LogP contribution in [0.4, 0.5) is 0 Å². The molecule has 0 amide bonds. The molecule has 4 heteroatoms. The third kappa shape index (κ3) is 3.04. The Hall–Kier alpha value is -0.450. The molecule has 1 N–H and O–H groups in total. The van der Waals surface area contributed by atoms with Crippen LogP contribution in [-0.2, 0) is 14.3 Å². The van der Waals surface area contributed by atoms with Gasteiger partial charge in [-0.05, 0) is 20.8 Å². The lowest BCUT2D eigenvalue weighted by Gasteiger charge is -2.27. The Kier molecular flexibility index (Phi) is 3.64. The van der Waals surface area contributed by atoms with E-state index >= 15 is 0 Å². The van der Waals surface area contributed by atoms with E-state index in [1.54, 1.807) is 7.11 Å². The number of carbonyl (C=O) groups excluding carboxylic acids is 1. The molecule has 0 spiro atoms. The summed E-state index contributed by atoms with van der Waals surface area (Å²) >= 11 is 0. The van der Waals surface area contributed by atoms with Crippen molar-refractivity contribution in [1.82, 2.24) is 5.32 Å². The number of methoxy groups -OCH3 is 1. The van der Waals surface area contributed by atoms with Crippen molar-refractivity contribution < 1.29 is 14.3 Å². The van der Waals surface area contributed by atoms with Gasteiger partial charge >= 0.3 is 0 Å². The summed E-state index contributed by atoms with van der Waals surface area (Å²) in [5, 5.41) is 3.25. The molecule has 14 heavy (non-hydrogen) atoms. The highest BCUT2D eigenvalue weighted by Gasteiger charge is 2.37. The first-order chi connectivity index (χ1) is 6.44. The fraction of sp³-hybridized carbons (Fsp3) is 0.900. The number of ether oxygens (including phenoxy) is 2. The van der Waals surface area contributed by atoms with E-state index in [4.69, 9.17) is 9.47 Å². The fourth-order valence-corrected chi connectivity index (χ4v) is 1.53. The second-order valence-electron chi connectivity index (χ2n) is 4.64. The summed E-state index contributed by atoms with van der Waals surface area (Å²) in [6, 6.07) is -0.227. The maximum Gasteiger partial charge on any atom is 0.178 e. The first-order valence-corrected chi connectivity index (χ1v) is 4.85. The molecule has 1 fully saturated rings. The van der Waals surface area contributed by atoms with Crippen molar-refractivity contribution in [3.05, 3.63) is 0 Å². The summed E-state index contributed by atoms with van der Waals surface area (Å²) < 4.78 is 10.3. The zero-order valence-electron chi connectivity index (χ0n) is 9.29. The van der Waals surface area contributed by atoms with Crippen LogP contribution in [0.3, 0.4) is 0 Å². The Labute approximate surface area is 85.0 Å². The lowest BCUT2D eigenvalue weighted by atomic mass is 10.0. The quantitative estimate of drug-likeness (QED) is 0.716. The van der Waals surface area contributed by atoms with Crippen LogP contribution in [0.5, 0.6) is 0 Å². The van der Waals surface area contributed by atoms with Crippen molar-refractivity contribution in [2.75, 3.05) is 20.3 Å². The molecule has 0 bridgehead atoms. The van der Waals surface area contributed by atoms with Crippen molar-refractivity contribution in [2.45, 2.75) is 38.5 Å². The van der Waals surface area contributed by atoms with Gasteiger partial charge in [-0.1, -0.05) is 0 Å².